The number of anilines is 1. The van der Waals surface area contributed by atoms with Crippen molar-refractivity contribution in [2.45, 2.75) is 26.7 Å². The third-order valence-electron chi connectivity index (χ3n) is 2.48. The molecule has 0 aliphatic carbocycles. The molecule has 0 aromatic carbocycles. The van der Waals surface area contributed by atoms with E-state index in [0.29, 0.717) is 11.9 Å². The highest BCUT2D eigenvalue weighted by Crippen LogP contribution is 2.20. The van der Waals surface area contributed by atoms with Gasteiger partial charge in [0.25, 0.3) is 0 Å². The first-order valence-electron chi connectivity index (χ1n) is 5.94. The minimum absolute atomic E-state index is 0.403. The van der Waals surface area contributed by atoms with Crippen LogP contribution in [0.3, 0.4) is 0 Å². The largest absolute Gasteiger partial charge is 0.354 e. The van der Waals surface area contributed by atoms with Crippen molar-refractivity contribution >= 4 is 21.9 Å². The molecule has 5 nitrogen and oxygen atoms in total. The first-order valence-corrected chi connectivity index (χ1v) is 6.73. The summed E-state index contributed by atoms with van der Waals surface area (Å²) in [6.07, 6.45) is 3.65. The Labute approximate surface area is 115 Å². The molecular formula is C12H16BrN5. The van der Waals surface area contributed by atoms with E-state index in [1.807, 2.05) is 19.2 Å². The third-order valence-corrected chi connectivity index (χ3v) is 3.04. The van der Waals surface area contributed by atoms with Gasteiger partial charge in [-0.3, -0.25) is 0 Å². The van der Waals surface area contributed by atoms with Gasteiger partial charge in [-0.25, -0.2) is 9.67 Å². The van der Waals surface area contributed by atoms with E-state index in [9.17, 15) is 0 Å². The fraction of sp³-hybridized carbons (Fsp3) is 0.417. The zero-order valence-electron chi connectivity index (χ0n) is 10.7. The van der Waals surface area contributed by atoms with Crippen LogP contribution in [0.2, 0.25) is 0 Å². The Morgan fingerprint density at radius 2 is 2.22 bits per heavy atom. The quantitative estimate of drug-likeness (QED) is 0.943. The zero-order chi connectivity index (χ0) is 13.1. The Bertz CT molecular complexity index is 535. The number of hydrogen-bond acceptors (Lipinski definition) is 4. The number of hydrogen-bond donors (Lipinski definition) is 1. The lowest BCUT2D eigenvalue weighted by Gasteiger charge is -2.07. The molecule has 0 amide bonds. The van der Waals surface area contributed by atoms with Gasteiger partial charge in [0, 0.05) is 18.9 Å². The van der Waals surface area contributed by atoms with Crippen LogP contribution >= 0.6 is 15.9 Å². The van der Waals surface area contributed by atoms with Crippen LogP contribution in [0.1, 0.15) is 32.4 Å². The van der Waals surface area contributed by atoms with Crippen LogP contribution in [0, 0.1) is 0 Å². The lowest BCUT2D eigenvalue weighted by Crippen LogP contribution is -2.07. The zero-order valence-corrected chi connectivity index (χ0v) is 12.3. The van der Waals surface area contributed by atoms with Gasteiger partial charge >= 0.3 is 0 Å². The maximum atomic E-state index is 4.51. The molecule has 0 bridgehead atoms. The Balaban J connectivity index is 2.38. The second-order valence-electron chi connectivity index (χ2n) is 4.24. The summed E-state index contributed by atoms with van der Waals surface area (Å²) in [7, 11) is 0. The average Bonchev–Trinajstić information content (AvgIpc) is 2.81. The Hall–Kier alpha value is -1.43. The van der Waals surface area contributed by atoms with Crippen molar-refractivity contribution in [2.75, 3.05) is 11.9 Å². The summed E-state index contributed by atoms with van der Waals surface area (Å²) < 4.78 is 2.59. The molecule has 2 aromatic rings. The van der Waals surface area contributed by atoms with Gasteiger partial charge < -0.3 is 5.32 Å². The minimum Gasteiger partial charge on any atom is -0.354 e. The summed E-state index contributed by atoms with van der Waals surface area (Å²) in [5, 5.41) is 7.60. The summed E-state index contributed by atoms with van der Waals surface area (Å²) in [4.78, 5) is 8.62. The SMILES string of the molecule is CCNc1ncc(Br)c(-n2ccc(C(C)C)n2)n1. The van der Waals surface area contributed by atoms with E-state index < -0.39 is 0 Å². The summed E-state index contributed by atoms with van der Waals surface area (Å²) in [6.45, 7) is 7.03. The molecule has 96 valence electrons. The highest BCUT2D eigenvalue weighted by Gasteiger charge is 2.10. The van der Waals surface area contributed by atoms with Gasteiger partial charge in [0.1, 0.15) is 0 Å². The van der Waals surface area contributed by atoms with E-state index in [1.54, 1.807) is 10.9 Å². The highest BCUT2D eigenvalue weighted by molar-refractivity contribution is 9.10. The van der Waals surface area contributed by atoms with E-state index >= 15 is 0 Å². The lowest BCUT2D eigenvalue weighted by molar-refractivity contribution is 0.754. The molecule has 1 N–H and O–H groups in total. The Morgan fingerprint density at radius 3 is 2.83 bits per heavy atom. The maximum Gasteiger partial charge on any atom is 0.224 e. The van der Waals surface area contributed by atoms with Gasteiger partial charge in [-0.05, 0) is 34.8 Å². The monoisotopic (exact) mass is 309 g/mol. The van der Waals surface area contributed by atoms with Crippen LogP contribution in [-0.4, -0.2) is 26.3 Å². The number of nitrogens with zero attached hydrogens (tertiary/aromatic N) is 4. The van der Waals surface area contributed by atoms with Crippen LogP contribution in [0.15, 0.2) is 22.9 Å². The normalized spacial score (nSPS) is 10.9. The van der Waals surface area contributed by atoms with Gasteiger partial charge in [0.05, 0.1) is 10.2 Å². The predicted octanol–water partition coefficient (Wildman–Crippen LogP) is 2.98. The van der Waals surface area contributed by atoms with Crippen molar-refractivity contribution < 1.29 is 0 Å². The molecule has 0 saturated carbocycles. The fourth-order valence-corrected chi connectivity index (χ4v) is 1.90. The highest BCUT2D eigenvalue weighted by atomic mass is 79.9. The molecule has 0 unspecified atom stereocenters. The van der Waals surface area contributed by atoms with Crippen molar-refractivity contribution in [1.82, 2.24) is 19.7 Å². The molecule has 2 rings (SSSR count). The topological polar surface area (TPSA) is 55.6 Å². The first-order chi connectivity index (χ1) is 8.61. The second kappa shape index (κ2) is 5.48. The van der Waals surface area contributed by atoms with E-state index in [4.69, 9.17) is 0 Å². The molecular weight excluding hydrogens is 294 g/mol. The van der Waals surface area contributed by atoms with Crippen molar-refractivity contribution in [3.63, 3.8) is 0 Å². The van der Waals surface area contributed by atoms with Crippen LogP contribution in [0.4, 0.5) is 5.95 Å². The van der Waals surface area contributed by atoms with Crippen molar-refractivity contribution in [1.29, 1.82) is 0 Å². The standard InChI is InChI=1S/C12H16BrN5/c1-4-14-12-15-7-9(13)11(16-12)18-6-5-10(17-18)8(2)3/h5-8H,4H2,1-3H3,(H,14,15,16). The van der Waals surface area contributed by atoms with Gasteiger partial charge in [-0.1, -0.05) is 13.8 Å². The van der Waals surface area contributed by atoms with Gasteiger partial charge in [0.2, 0.25) is 5.95 Å². The Kier molecular flexibility index (Phi) is 3.96. The van der Waals surface area contributed by atoms with E-state index in [1.165, 1.54) is 0 Å². The first kappa shape index (κ1) is 13.0. The molecule has 0 aliphatic rings. The molecule has 2 aromatic heterocycles. The summed E-state index contributed by atoms with van der Waals surface area (Å²) in [6, 6.07) is 2.01. The van der Waals surface area contributed by atoms with Crippen LogP contribution in [0.25, 0.3) is 5.82 Å². The maximum absolute atomic E-state index is 4.51. The van der Waals surface area contributed by atoms with Crippen LogP contribution < -0.4 is 5.32 Å². The Morgan fingerprint density at radius 1 is 1.44 bits per heavy atom. The molecule has 0 fully saturated rings. The molecule has 0 spiro atoms. The van der Waals surface area contributed by atoms with Gasteiger partial charge in [0.15, 0.2) is 5.82 Å². The number of rotatable bonds is 4. The van der Waals surface area contributed by atoms with Crippen molar-refractivity contribution in [3.05, 3.63) is 28.6 Å². The average molecular weight is 310 g/mol. The fourth-order valence-electron chi connectivity index (χ4n) is 1.53. The smallest absolute Gasteiger partial charge is 0.224 e. The van der Waals surface area contributed by atoms with Gasteiger partial charge in [-0.2, -0.15) is 10.1 Å². The molecule has 0 radical (unpaired) electrons. The van der Waals surface area contributed by atoms with E-state index in [-0.39, 0.29) is 0 Å². The van der Waals surface area contributed by atoms with Crippen LogP contribution in [-0.2, 0) is 0 Å². The molecule has 0 aliphatic heterocycles. The van der Waals surface area contributed by atoms with Crippen molar-refractivity contribution in [3.8, 4) is 5.82 Å². The summed E-state index contributed by atoms with van der Waals surface area (Å²) >= 11 is 3.45. The predicted molar refractivity (Wildman–Crippen MR) is 75.1 cm³/mol. The van der Waals surface area contributed by atoms with Crippen molar-refractivity contribution in [2.24, 2.45) is 0 Å². The molecule has 0 atom stereocenters. The number of halogens is 1. The third kappa shape index (κ3) is 2.69. The van der Waals surface area contributed by atoms with E-state index in [2.05, 4.69) is 50.2 Å². The van der Waals surface area contributed by atoms with Crippen LogP contribution in [0.5, 0.6) is 0 Å². The summed E-state index contributed by atoms with van der Waals surface area (Å²) in [5.41, 5.74) is 1.05. The number of nitrogens with one attached hydrogen (secondary N) is 1. The molecule has 18 heavy (non-hydrogen) atoms. The van der Waals surface area contributed by atoms with E-state index in [0.717, 1.165) is 22.5 Å². The van der Waals surface area contributed by atoms with Gasteiger partial charge in [-0.15, -0.1) is 0 Å². The molecule has 6 heteroatoms. The number of aromatic nitrogens is 4. The lowest BCUT2D eigenvalue weighted by atomic mass is 10.1. The second-order valence-corrected chi connectivity index (χ2v) is 5.09. The summed E-state index contributed by atoms with van der Waals surface area (Å²) in [5.74, 6) is 1.75. The minimum atomic E-state index is 0.403. The molecule has 0 saturated heterocycles. The molecule has 2 heterocycles.